The van der Waals surface area contributed by atoms with Gasteiger partial charge in [0.15, 0.2) is 0 Å². The Hall–Kier alpha value is -0.380. The largest absolute Gasteiger partial charge is 0.323 e. The number of hydroxylamine groups is 2. The smallest absolute Gasteiger partial charge is 0.247 e. The molecule has 2 N–H and O–H groups in total. The van der Waals surface area contributed by atoms with Crippen molar-refractivity contribution in [3.63, 3.8) is 0 Å². The van der Waals surface area contributed by atoms with Crippen LogP contribution in [-0.2, 0) is 9.36 Å². The van der Waals surface area contributed by atoms with E-state index in [2.05, 4.69) is 12.2 Å². The van der Waals surface area contributed by atoms with Crippen molar-refractivity contribution >= 4 is 13.0 Å². The van der Waals surface area contributed by atoms with Crippen molar-refractivity contribution in [3.05, 3.63) is 0 Å². The summed E-state index contributed by atoms with van der Waals surface area (Å²) < 4.78 is 11.5. The Labute approximate surface area is 129 Å². The molecular formula is C15H33N2O3P. The van der Waals surface area contributed by atoms with Gasteiger partial charge in [-0.15, -0.1) is 0 Å². The molecule has 0 heterocycles. The SMILES string of the molecule is CCCCCCCCCCC(=O)N(O)CNCP(C)(C)=O. The van der Waals surface area contributed by atoms with Crippen molar-refractivity contribution in [1.29, 1.82) is 0 Å². The van der Waals surface area contributed by atoms with Gasteiger partial charge in [0, 0.05) is 6.42 Å². The van der Waals surface area contributed by atoms with Crippen LogP contribution in [0.5, 0.6) is 0 Å². The Balaban J connectivity index is 3.49. The third-order valence-electron chi connectivity index (χ3n) is 3.29. The molecule has 0 aromatic rings. The highest BCUT2D eigenvalue weighted by Gasteiger charge is 2.11. The van der Waals surface area contributed by atoms with Gasteiger partial charge in [0.1, 0.15) is 0 Å². The van der Waals surface area contributed by atoms with Crippen LogP contribution in [0.3, 0.4) is 0 Å². The van der Waals surface area contributed by atoms with E-state index in [0.29, 0.717) is 17.8 Å². The second-order valence-corrected chi connectivity index (χ2v) is 9.62. The van der Waals surface area contributed by atoms with Gasteiger partial charge in [-0.1, -0.05) is 51.9 Å². The maximum atomic E-state index is 11.6. The minimum Gasteiger partial charge on any atom is -0.323 e. The molecule has 126 valence electrons. The van der Waals surface area contributed by atoms with Crippen molar-refractivity contribution in [2.75, 3.05) is 26.3 Å². The average Bonchev–Trinajstić information content (AvgIpc) is 2.40. The molecule has 0 bridgehead atoms. The molecule has 0 aliphatic rings. The molecule has 0 aliphatic carbocycles. The van der Waals surface area contributed by atoms with Crippen LogP contribution in [0.25, 0.3) is 0 Å². The summed E-state index contributed by atoms with van der Waals surface area (Å²) >= 11 is 0. The van der Waals surface area contributed by atoms with E-state index in [9.17, 15) is 14.6 Å². The molecule has 0 aromatic heterocycles. The maximum absolute atomic E-state index is 11.6. The van der Waals surface area contributed by atoms with Crippen molar-refractivity contribution in [2.24, 2.45) is 0 Å². The molecule has 0 aromatic carbocycles. The Kier molecular flexibility index (Phi) is 12.0. The molecular weight excluding hydrogens is 287 g/mol. The quantitative estimate of drug-likeness (QED) is 0.178. The molecule has 0 aliphatic heterocycles. The molecule has 0 saturated carbocycles. The van der Waals surface area contributed by atoms with Crippen LogP contribution < -0.4 is 5.32 Å². The van der Waals surface area contributed by atoms with Crippen LogP contribution in [0.4, 0.5) is 0 Å². The summed E-state index contributed by atoms with van der Waals surface area (Å²) in [5.74, 6) is -0.268. The van der Waals surface area contributed by atoms with E-state index < -0.39 is 7.14 Å². The fourth-order valence-corrected chi connectivity index (χ4v) is 2.69. The number of carbonyl (C=O) groups excluding carboxylic acids is 1. The predicted molar refractivity (Wildman–Crippen MR) is 88.2 cm³/mol. The van der Waals surface area contributed by atoms with Crippen LogP contribution in [0.2, 0.25) is 0 Å². The van der Waals surface area contributed by atoms with Crippen molar-refractivity contribution in [1.82, 2.24) is 10.4 Å². The van der Waals surface area contributed by atoms with Crippen LogP contribution in [0.15, 0.2) is 0 Å². The zero-order chi connectivity index (χ0) is 16.1. The summed E-state index contributed by atoms with van der Waals surface area (Å²) in [5.41, 5.74) is 0. The topological polar surface area (TPSA) is 69.6 Å². The van der Waals surface area contributed by atoms with Crippen LogP contribution in [-0.4, -0.2) is 42.5 Å². The van der Waals surface area contributed by atoms with Gasteiger partial charge < -0.3 is 4.57 Å². The Bertz CT molecular complexity index is 318. The van der Waals surface area contributed by atoms with E-state index in [1.165, 1.54) is 32.1 Å². The Morgan fingerprint density at radius 2 is 1.57 bits per heavy atom. The molecule has 0 spiro atoms. The van der Waals surface area contributed by atoms with Gasteiger partial charge in [-0.05, 0) is 19.8 Å². The van der Waals surface area contributed by atoms with Crippen LogP contribution in [0, 0.1) is 0 Å². The number of carbonyl (C=O) groups is 1. The molecule has 0 radical (unpaired) electrons. The predicted octanol–water partition coefficient (Wildman–Crippen LogP) is 3.86. The van der Waals surface area contributed by atoms with Gasteiger partial charge in [-0.25, -0.2) is 5.06 Å². The minimum absolute atomic E-state index is 0.0432. The lowest BCUT2D eigenvalue weighted by Gasteiger charge is -2.16. The lowest BCUT2D eigenvalue weighted by Crippen LogP contribution is -2.36. The Morgan fingerprint density at radius 3 is 2.10 bits per heavy atom. The van der Waals surface area contributed by atoms with Gasteiger partial charge in [0.2, 0.25) is 5.91 Å². The summed E-state index contributed by atoms with van der Waals surface area (Å²) in [7, 11) is -2.15. The van der Waals surface area contributed by atoms with Crippen LogP contribution in [0.1, 0.15) is 64.7 Å². The highest BCUT2D eigenvalue weighted by atomic mass is 31.2. The summed E-state index contributed by atoms with van der Waals surface area (Å²) in [5, 5.41) is 13.1. The number of hydrogen-bond acceptors (Lipinski definition) is 4. The Morgan fingerprint density at radius 1 is 1.05 bits per heavy atom. The number of rotatable bonds is 13. The lowest BCUT2D eigenvalue weighted by atomic mass is 10.1. The molecule has 5 nitrogen and oxygen atoms in total. The number of nitrogens with zero attached hydrogens (tertiary/aromatic N) is 1. The van der Waals surface area contributed by atoms with Gasteiger partial charge in [-0.2, -0.15) is 0 Å². The molecule has 0 unspecified atom stereocenters. The van der Waals surface area contributed by atoms with E-state index in [0.717, 1.165) is 19.3 Å². The number of unbranched alkanes of at least 4 members (excludes halogenated alkanes) is 7. The normalized spacial score (nSPS) is 11.6. The average molecular weight is 320 g/mol. The molecule has 1 amide bonds. The van der Waals surface area contributed by atoms with E-state index in [1.807, 2.05) is 0 Å². The van der Waals surface area contributed by atoms with Gasteiger partial charge in [0.25, 0.3) is 0 Å². The first-order valence-electron chi connectivity index (χ1n) is 8.10. The second-order valence-electron chi connectivity index (χ2n) is 6.16. The molecule has 21 heavy (non-hydrogen) atoms. The molecule has 0 rings (SSSR count). The monoisotopic (exact) mass is 320 g/mol. The first kappa shape index (κ1) is 20.6. The van der Waals surface area contributed by atoms with Crippen molar-refractivity contribution < 1.29 is 14.6 Å². The molecule has 6 heteroatoms. The van der Waals surface area contributed by atoms with Gasteiger partial charge >= 0.3 is 0 Å². The summed E-state index contributed by atoms with van der Waals surface area (Å²) in [6.07, 6.45) is 10.1. The third-order valence-corrected chi connectivity index (χ3v) is 4.27. The number of amides is 1. The van der Waals surface area contributed by atoms with E-state index in [4.69, 9.17) is 0 Å². The molecule has 0 fully saturated rings. The highest BCUT2D eigenvalue weighted by molar-refractivity contribution is 7.62. The van der Waals surface area contributed by atoms with Gasteiger partial charge in [-0.3, -0.25) is 15.3 Å². The minimum atomic E-state index is -2.15. The highest BCUT2D eigenvalue weighted by Crippen LogP contribution is 2.33. The van der Waals surface area contributed by atoms with Gasteiger partial charge in [0.05, 0.1) is 20.1 Å². The van der Waals surface area contributed by atoms with Crippen molar-refractivity contribution in [3.8, 4) is 0 Å². The molecule has 0 atom stereocenters. The van der Waals surface area contributed by atoms with Crippen molar-refractivity contribution in [2.45, 2.75) is 64.7 Å². The van der Waals surface area contributed by atoms with Crippen LogP contribution >= 0.6 is 7.14 Å². The fourth-order valence-electron chi connectivity index (χ4n) is 2.05. The molecule has 0 saturated heterocycles. The van der Waals surface area contributed by atoms with E-state index in [-0.39, 0.29) is 12.6 Å². The number of hydrogen-bond donors (Lipinski definition) is 2. The first-order valence-corrected chi connectivity index (χ1v) is 10.9. The zero-order valence-corrected chi connectivity index (χ0v) is 14.8. The summed E-state index contributed by atoms with van der Waals surface area (Å²) in [6.45, 7) is 5.59. The fraction of sp³-hybridized carbons (Fsp3) is 0.933. The zero-order valence-electron chi connectivity index (χ0n) is 13.9. The third kappa shape index (κ3) is 14.3. The summed E-state index contributed by atoms with van der Waals surface area (Å²) in [6, 6.07) is 0. The van der Waals surface area contributed by atoms with E-state index in [1.54, 1.807) is 13.3 Å². The number of nitrogens with one attached hydrogen (secondary N) is 1. The lowest BCUT2D eigenvalue weighted by molar-refractivity contribution is -0.166. The summed E-state index contributed by atoms with van der Waals surface area (Å²) in [4.78, 5) is 11.6. The standard InChI is InChI=1S/C15H33N2O3P/c1-4-5-6-7-8-9-10-11-12-15(18)17(19)13-16-14-21(2,3)20/h16,19H,4-14H2,1-3H3. The second kappa shape index (κ2) is 12.2. The van der Waals surface area contributed by atoms with E-state index >= 15 is 0 Å². The maximum Gasteiger partial charge on any atom is 0.247 e. The first-order chi connectivity index (χ1) is 9.87.